The normalized spacial score (nSPS) is 11.3. The number of hydrogen-bond donors (Lipinski definition) is 0. The topological polar surface area (TPSA) is 99.4 Å². The summed E-state index contributed by atoms with van der Waals surface area (Å²) in [6.07, 6.45) is 0.818. The fourth-order valence-corrected chi connectivity index (χ4v) is 2.66. The number of nitro groups is 1. The van der Waals surface area contributed by atoms with Crippen LogP contribution in [-0.4, -0.2) is 31.7 Å². The zero-order chi connectivity index (χ0) is 13.4. The van der Waals surface area contributed by atoms with Crippen LogP contribution >= 0.6 is 23.2 Å². The average Bonchev–Trinajstić information content (AvgIpc) is 2.15. The van der Waals surface area contributed by atoms with Crippen molar-refractivity contribution in [3.63, 3.8) is 0 Å². The number of pyridine rings is 1. The molecule has 7 nitrogen and oxygen atoms in total. The standard InChI is InChI=1S/C7H6Cl2N2O5S/c1-16-6-3(8)5(11(12)13)4(9)7(10-6)17(2,14)15/h1-2H3. The molecule has 0 bridgehead atoms. The first-order valence-electron chi connectivity index (χ1n) is 3.97. The zero-order valence-electron chi connectivity index (χ0n) is 8.60. The van der Waals surface area contributed by atoms with Crippen molar-refractivity contribution in [1.82, 2.24) is 4.98 Å². The second-order valence-electron chi connectivity index (χ2n) is 2.93. The number of rotatable bonds is 3. The molecule has 1 aromatic rings. The Morgan fingerprint density at radius 2 is 1.88 bits per heavy atom. The van der Waals surface area contributed by atoms with Gasteiger partial charge in [0.2, 0.25) is 5.88 Å². The second kappa shape index (κ2) is 4.63. The summed E-state index contributed by atoms with van der Waals surface area (Å²) in [6, 6.07) is 0. The maximum atomic E-state index is 11.3. The van der Waals surface area contributed by atoms with Crippen LogP contribution in [0.4, 0.5) is 5.69 Å². The molecular formula is C7H6Cl2N2O5S. The van der Waals surface area contributed by atoms with Crippen LogP contribution in [-0.2, 0) is 9.84 Å². The number of methoxy groups -OCH3 is 1. The molecule has 0 atom stereocenters. The van der Waals surface area contributed by atoms with Crippen molar-refractivity contribution in [3.05, 3.63) is 20.2 Å². The van der Waals surface area contributed by atoms with Gasteiger partial charge in [-0.1, -0.05) is 23.2 Å². The van der Waals surface area contributed by atoms with E-state index in [0.717, 1.165) is 13.4 Å². The summed E-state index contributed by atoms with van der Waals surface area (Å²) in [6.45, 7) is 0. The van der Waals surface area contributed by atoms with E-state index in [0.29, 0.717) is 0 Å². The second-order valence-corrected chi connectivity index (χ2v) is 5.62. The van der Waals surface area contributed by atoms with Gasteiger partial charge in [0.1, 0.15) is 0 Å². The molecule has 0 fully saturated rings. The molecule has 0 amide bonds. The van der Waals surface area contributed by atoms with E-state index in [1.54, 1.807) is 0 Å². The molecule has 0 saturated carbocycles. The SMILES string of the molecule is COc1nc(S(C)(=O)=O)c(Cl)c([N+](=O)[O-])c1Cl. The van der Waals surface area contributed by atoms with Gasteiger partial charge in [-0.25, -0.2) is 8.42 Å². The highest BCUT2D eigenvalue weighted by atomic mass is 35.5. The number of halogens is 2. The van der Waals surface area contributed by atoms with Crippen molar-refractivity contribution in [3.8, 4) is 5.88 Å². The fourth-order valence-electron chi connectivity index (χ4n) is 1.03. The molecule has 1 rings (SSSR count). The summed E-state index contributed by atoms with van der Waals surface area (Å²) in [5.41, 5.74) is -0.749. The molecule has 0 unspecified atom stereocenters. The zero-order valence-corrected chi connectivity index (χ0v) is 10.9. The summed E-state index contributed by atoms with van der Waals surface area (Å²) in [7, 11) is -2.67. The van der Waals surface area contributed by atoms with Gasteiger partial charge in [0.15, 0.2) is 24.9 Å². The highest BCUT2D eigenvalue weighted by molar-refractivity contribution is 7.90. The summed E-state index contributed by atoms with van der Waals surface area (Å²) >= 11 is 11.2. The molecule has 94 valence electrons. The van der Waals surface area contributed by atoms with Crippen LogP contribution < -0.4 is 4.74 Å². The van der Waals surface area contributed by atoms with E-state index in [9.17, 15) is 18.5 Å². The van der Waals surface area contributed by atoms with Crippen molar-refractivity contribution in [2.75, 3.05) is 13.4 Å². The first kappa shape index (κ1) is 13.9. The first-order valence-corrected chi connectivity index (χ1v) is 6.62. The Labute approximate surface area is 106 Å². The summed E-state index contributed by atoms with van der Waals surface area (Å²) in [4.78, 5) is 13.4. The van der Waals surface area contributed by atoms with Gasteiger partial charge < -0.3 is 4.74 Å². The summed E-state index contributed by atoms with van der Waals surface area (Å²) in [5.74, 6) is -0.372. The highest BCUT2D eigenvalue weighted by Crippen LogP contribution is 2.40. The van der Waals surface area contributed by atoms with Crippen LogP contribution in [0.1, 0.15) is 0 Å². The van der Waals surface area contributed by atoms with E-state index in [2.05, 4.69) is 9.72 Å². The minimum absolute atomic E-state index is 0.372. The molecular weight excluding hydrogens is 295 g/mol. The van der Waals surface area contributed by atoms with Crippen LogP contribution in [0.5, 0.6) is 5.88 Å². The molecule has 0 spiro atoms. The van der Waals surface area contributed by atoms with Gasteiger partial charge in [-0.15, -0.1) is 0 Å². The van der Waals surface area contributed by atoms with E-state index >= 15 is 0 Å². The number of nitrogens with zero attached hydrogens (tertiary/aromatic N) is 2. The molecule has 0 aliphatic heterocycles. The van der Waals surface area contributed by atoms with Crippen LogP contribution in [0.25, 0.3) is 0 Å². The van der Waals surface area contributed by atoms with Crippen molar-refractivity contribution >= 4 is 38.7 Å². The predicted octanol–water partition coefficient (Wildman–Crippen LogP) is 1.71. The third-order valence-corrected chi connectivity index (χ3v) is 3.53. The smallest absolute Gasteiger partial charge is 0.314 e. The molecule has 1 aromatic heterocycles. The quantitative estimate of drug-likeness (QED) is 0.622. The summed E-state index contributed by atoms with van der Waals surface area (Å²) in [5, 5.41) is 9.02. The minimum atomic E-state index is -3.83. The number of aromatic nitrogens is 1. The predicted molar refractivity (Wildman–Crippen MR) is 60.6 cm³/mol. The van der Waals surface area contributed by atoms with Gasteiger partial charge in [-0.3, -0.25) is 10.1 Å². The fraction of sp³-hybridized carbons (Fsp3) is 0.286. The van der Waals surface area contributed by atoms with E-state index in [4.69, 9.17) is 23.2 Å². The molecule has 0 aliphatic rings. The van der Waals surface area contributed by atoms with Crippen LogP contribution in [0.3, 0.4) is 0 Å². The summed E-state index contributed by atoms with van der Waals surface area (Å²) < 4.78 is 27.3. The molecule has 0 aliphatic carbocycles. The largest absolute Gasteiger partial charge is 0.480 e. The third kappa shape index (κ3) is 2.59. The number of hydrogen-bond acceptors (Lipinski definition) is 6. The van der Waals surface area contributed by atoms with E-state index in [1.807, 2.05) is 0 Å². The van der Waals surface area contributed by atoms with E-state index in [-0.39, 0.29) is 5.88 Å². The van der Waals surface area contributed by atoms with E-state index in [1.165, 1.54) is 0 Å². The Hall–Kier alpha value is -1.12. The van der Waals surface area contributed by atoms with Crippen LogP contribution in [0.2, 0.25) is 10.0 Å². The first-order chi connectivity index (χ1) is 7.70. The lowest BCUT2D eigenvalue weighted by Gasteiger charge is -2.07. The Kier molecular flexibility index (Phi) is 3.80. The van der Waals surface area contributed by atoms with E-state index < -0.39 is 35.5 Å². The van der Waals surface area contributed by atoms with Crippen molar-refractivity contribution in [1.29, 1.82) is 0 Å². The monoisotopic (exact) mass is 300 g/mol. The molecule has 0 radical (unpaired) electrons. The molecule has 0 N–H and O–H groups in total. The maximum absolute atomic E-state index is 11.3. The minimum Gasteiger partial charge on any atom is -0.480 e. The molecule has 1 heterocycles. The lowest BCUT2D eigenvalue weighted by molar-refractivity contribution is -0.384. The third-order valence-electron chi connectivity index (χ3n) is 1.72. The van der Waals surface area contributed by atoms with Crippen LogP contribution in [0.15, 0.2) is 5.03 Å². The van der Waals surface area contributed by atoms with Gasteiger partial charge in [0, 0.05) is 6.26 Å². The van der Waals surface area contributed by atoms with Gasteiger partial charge in [-0.2, -0.15) is 4.98 Å². The Balaban J connectivity index is 3.79. The van der Waals surface area contributed by atoms with Gasteiger partial charge in [0.05, 0.1) is 12.0 Å². The molecule has 10 heteroatoms. The van der Waals surface area contributed by atoms with Gasteiger partial charge in [0.25, 0.3) is 0 Å². The van der Waals surface area contributed by atoms with Gasteiger partial charge >= 0.3 is 5.69 Å². The van der Waals surface area contributed by atoms with Crippen molar-refractivity contribution < 1.29 is 18.1 Å². The Bertz CT molecular complexity index is 586. The Morgan fingerprint density at radius 3 is 2.24 bits per heavy atom. The maximum Gasteiger partial charge on any atom is 0.314 e. The lowest BCUT2D eigenvalue weighted by Crippen LogP contribution is -2.06. The Morgan fingerprint density at radius 1 is 1.35 bits per heavy atom. The van der Waals surface area contributed by atoms with Crippen molar-refractivity contribution in [2.24, 2.45) is 0 Å². The highest BCUT2D eigenvalue weighted by Gasteiger charge is 2.30. The number of sulfone groups is 1. The molecule has 17 heavy (non-hydrogen) atoms. The average molecular weight is 301 g/mol. The number of ether oxygens (including phenoxy) is 1. The molecule has 0 saturated heterocycles. The molecule has 0 aromatic carbocycles. The van der Waals surface area contributed by atoms with Crippen molar-refractivity contribution in [2.45, 2.75) is 5.03 Å². The van der Waals surface area contributed by atoms with Crippen LogP contribution in [0, 0.1) is 10.1 Å². The lowest BCUT2D eigenvalue weighted by atomic mass is 10.4. The van der Waals surface area contributed by atoms with Gasteiger partial charge in [-0.05, 0) is 0 Å².